The van der Waals surface area contributed by atoms with Gasteiger partial charge in [-0.05, 0) is 42.2 Å². The molecule has 9 heteroatoms. The monoisotopic (exact) mass is 438 g/mol. The van der Waals surface area contributed by atoms with Gasteiger partial charge < -0.3 is 20.3 Å². The number of anilines is 2. The van der Waals surface area contributed by atoms with E-state index in [9.17, 15) is 18.8 Å². The quantitative estimate of drug-likeness (QED) is 0.713. The summed E-state index contributed by atoms with van der Waals surface area (Å²) in [7, 11) is 0. The maximum absolute atomic E-state index is 14.6. The number of benzene rings is 2. The van der Waals surface area contributed by atoms with Gasteiger partial charge >= 0.3 is 6.03 Å². The minimum Gasteiger partial charge on any atom is -0.378 e. The topological polar surface area (TPSA) is 91.0 Å². The number of imide groups is 1. The average molecular weight is 438 g/mol. The van der Waals surface area contributed by atoms with Gasteiger partial charge in [-0.2, -0.15) is 0 Å². The van der Waals surface area contributed by atoms with Crippen molar-refractivity contribution in [3.05, 3.63) is 59.4 Å². The second kappa shape index (κ2) is 7.90. The van der Waals surface area contributed by atoms with Crippen molar-refractivity contribution in [2.45, 2.75) is 18.4 Å². The van der Waals surface area contributed by atoms with E-state index in [0.717, 1.165) is 16.0 Å². The first-order valence-electron chi connectivity index (χ1n) is 10.6. The zero-order valence-corrected chi connectivity index (χ0v) is 17.4. The maximum atomic E-state index is 14.6. The van der Waals surface area contributed by atoms with Crippen LogP contribution in [0, 0.1) is 5.82 Å². The molecule has 2 N–H and O–H groups in total. The van der Waals surface area contributed by atoms with Crippen LogP contribution >= 0.6 is 0 Å². The molecule has 8 nitrogen and oxygen atoms in total. The second-order valence-electron chi connectivity index (χ2n) is 8.20. The molecule has 0 aromatic heterocycles. The van der Waals surface area contributed by atoms with Gasteiger partial charge in [0, 0.05) is 18.8 Å². The minimum absolute atomic E-state index is 0.262. The van der Waals surface area contributed by atoms with Gasteiger partial charge in [0.25, 0.3) is 5.91 Å². The summed E-state index contributed by atoms with van der Waals surface area (Å²) in [5, 5.41) is 5.37. The SMILES string of the molecule is O=C(CN1C(=O)NC2(CCc3ccccc32)C1=O)Nc1ccc(N2CCOCC2)c(F)c1. The third-order valence-corrected chi connectivity index (χ3v) is 6.31. The molecule has 3 aliphatic rings. The van der Waals surface area contributed by atoms with E-state index in [1.165, 1.54) is 6.07 Å². The van der Waals surface area contributed by atoms with Gasteiger partial charge in [0.15, 0.2) is 0 Å². The van der Waals surface area contributed by atoms with Gasteiger partial charge in [0.05, 0.1) is 18.9 Å². The number of carbonyl (C=O) groups is 3. The van der Waals surface area contributed by atoms with Crippen LogP contribution in [0.3, 0.4) is 0 Å². The summed E-state index contributed by atoms with van der Waals surface area (Å²) in [5.74, 6) is -1.46. The fourth-order valence-electron chi connectivity index (χ4n) is 4.72. The van der Waals surface area contributed by atoms with E-state index in [1.54, 1.807) is 12.1 Å². The van der Waals surface area contributed by atoms with E-state index in [2.05, 4.69) is 10.6 Å². The zero-order valence-electron chi connectivity index (χ0n) is 17.4. The van der Waals surface area contributed by atoms with Gasteiger partial charge in [0.1, 0.15) is 17.9 Å². The van der Waals surface area contributed by atoms with Crippen molar-refractivity contribution < 1.29 is 23.5 Å². The minimum atomic E-state index is -1.11. The zero-order chi connectivity index (χ0) is 22.3. The van der Waals surface area contributed by atoms with Crippen LogP contribution in [0.2, 0.25) is 0 Å². The number of hydrogen-bond donors (Lipinski definition) is 2. The highest BCUT2D eigenvalue weighted by Crippen LogP contribution is 2.41. The Morgan fingerprint density at radius 3 is 2.72 bits per heavy atom. The van der Waals surface area contributed by atoms with Gasteiger partial charge in [-0.3, -0.25) is 14.5 Å². The molecule has 0 saturated carbocycles. The molecule has 0 radical (unpaired) electrons. The Kier molecular flexibility index (Phi) is 5.05. The maximum Gasteiger partial charge on any atom is 0.325 e. The van der Waals surface area contributed by atoms with Gasteiger partial charge in [0.2, 0.25) is 5.91 Å². The van der Waals surface area contributed by atoms with Crippen molar-refractivity contribution in [2.75, 3.05) is 43.1 Å². The third kappa shape index (κ3) is 3.38. The summed E-state index contributed by atoms with van der Waals surface area (Å²) in [5.41, 5.74) is 1.39. The lowest BCUT2D eigenvalue weighted by atomic mass is 9.92. The molecule has 4 amide bonds. The van der Waals surface area contributed by atoms with E-state index in [-0.39, 0.29) is 5.69 Å². The van der Waals surface area contributed by atoms with Crippen LogP contribution < -0.4 is 15.5 Å². The Hall–Kier alpha value is -3.46. The lowest BCUT2D eigenvalue weighted by molar-refractivity contribution is -0.134. The first-order chi connectivity index (χ1) is 15.5. The van der Waals surface area contributed by atoms with Gasteiger partial charge in [-0.25, -0.2) is 9.18 Å². The lowest BCUT2D eigenvalue weighted by Crippen LogP contribution is -2.43. The summed E-state index contributed by atoms with van der Waals surface area (Å²) >= 11 is 0. The summed E-state index contributed by atoms with van der Waals surface area (Å²) in [6.45, 7) is 1.83. The molecule has 2 aromatic carbocycles. The Balaban J connectivity index is 1.27. The molecule has 32 heavy (non-hydrogen) atoms. The van der Waals surface area contributed by atoms with Crippen LogP contribution in [0.1, 0.15) is 17.5 Å². The van der Waals surface area contributed by atoms with Crippen molar-refractivity contribution >= 4 is 29.2 Å². The van der Waals surface area contributed by atoms with Crippen LogP contribution in [0.4, 0.5) is 20.6 Å². The predicted molar refractivity (Wildman–Crippen MR) is 115 cm³/mol. The van der Waals surface area contributed by atoms with E-state index in [1.807, 2.05) is 29.2 Å². The fraction of sp³-hybridized carbons (Fsp3) is 0.348. The molecule has 1 spiro atoms. The van der Waals surface area contributed by atoms with Crippen LogP contribution in [0.15, 0.2) is 42.5 Å². The van der Waals surface area contributed by atoms with Crippen molar-refractivity contribution in [1.29, 1.82) is 0 Å². The highest BCUT2D eigenvalue weighted by atomic mass is 19.1. The Morgan fingerprint density at radius 2 is 1.94 bits per heavy atom. The normalized spacial score (nSPS) is 22.3. The largest absolute Gasteiger partial charge is 0.378 e. The average Bonchev–Trinajstić information content (AvgIpc) is 3.27. The first-order valence-corrected chi connectivity index (χ1v) is 10.6. The fourth-order valence-corrected chi connectivity index (χ4v) is 4.72. The van der Waals surface area contributed by atoms with Crippen LogP contribution in [-0.2, 0) is 26.3 Å². The number of nitrogens with zero attached hydrogens (tertiary/aromatic N) is 2. The van der Waals surface area contributed by atoms with E-state index < -0.39 is 35.7 Å². The molecule has 0 bridgehead atoms. The number of fused-ring (bicyclic) bond motifs is 2. The number of rotatable bonds is 4. The second-order valence-corrected chi connectivity index (χ2v) is 8.20. The number of aryl methyl sites for hydroxylation is 1. The summed E-state index contributed by atoms with van der Waals surface area (Å²) < 4.78 is 19.9. The number of carbonyl (C=O) groups excluding carboxylic acids is 3. The van der Waals surface area contributed by atoms with E-state index in [0.29, 0.717) is 44.8 Å². The number of halogens is 1. The van der Waals surface area contributed by atoms with Gasteiger partial charge in [-0.15, -0.1) is 0 Å². The Bertz CT molecular complexity index is 1100. The van der Waals surface area contributed by atoms with Gasteiger partial charge in [-0.1, -0.05) is 24.3 Å². The Labute approximate surface area is 184 Å². The van der Waals surface area contributed by atoms with Crippen LogP contribution in [0.5, 0.6) is 0 Å². The van der Waals surface area contributed by atoms with Crippen LogP contribution in [-0.4, -0.2) is 55.6 Å². The molecule has 1 unspecified atom stereocenters. The summed E-state index contributed by atoms with van der Waals surface area (Å²) in [6, 6.07) is 11.3. The molecule has 2 saturated heterocycles. The number of amides is 4. The van der Waals surface area contributed by atoms with Crippen LogP contribution in [0.25, 0.3) is 0 Å². The number of ether oxygens (including phenoxy) is 1. The summed E-state index contributed by atoms with van der Waals surface area (Å²) in [6.07, 6.45) is 1.14. The number of morpholine rings is 1. The molecule has 2 aliphatic heterocycles. The number of nitrogens with one attached hydrogen (secondary N) is 2. The van der Waals surface area contributed by atoms with E-state index >= 15 is 0 Å². The van der Waals surface area contributed by atoms with E-state index in [4.69, 9.17) is 4.74 Å². The first kappa shape index (κ1) is 20.4. The highest BCUT2D eigenvalue weighted by molar-refractivity contribution is 6.10. The lowest BCUT2D eigenvalue weighted by Gasteiger charge is -2.29. The number of hydrogen-bond acceptors (Lipinski definition) is 5. The molecule has 1 atom stereocenters. The Morgan fingerprint density at radius 1 is 1.16 bits per heavy atom. The predicted octanol–water partition coefficient (Wildman–Crippen LogP) is 1.99. The van der Waals surface area contributed by atoms with Crippen molar-refractivity contribution in [1.82, 2.24) is 10.2 Å². The summed E-state index contributed by atoms with van der Waals surface area (Å²) in [4.78, 5) is 41.1. The molecule has 2 aromatic rings. The van der Waals surface area contributed by atoms with Crippen molar-refractivity contribution in [2.24, 2.45) is 0 Å². The molecule has 5 rings (SSSR count). The molecule has 1 aliphatic carbocycles. The van der Waals surface area contributed by atoms with Crippen molar-refractivity contribution in [3.8, 4) is 0 Å². The molecule has 2 heterocycles. The molecule has 166 valence electrons. The molecular formula is C23H23FN4O4. The molecular weight excluding hydrogens is 415 g/mol. The standard InChI is InChI=1S/C23H23FN4O4/c24-18-13-16(5-6-19(18)27-9-11-32-12-10-27)25-20(29)14-28-21(30)23(26-22(28)31)8-7-15-3-1-2-4-17(15)23/h1-6,13H,7-12,14H2,(H,25,29)(H,26,31). The molecule has 2 fully saturated rings. The third-order valence-electron chi connectivity index (χ3n) is 6.31. The smallest absolute Gasteiger partial charge is 0.325 e. The number of urea groups is 1. The van der Waals surface area contributed by atoms with Crippen molar-refractivity contribution in [3.63, 3.8) is 0 Å². The highest BCUT2D eigenvalue weighted by Gasteiger charge is 2.55.